The maximum atomic E-state index is 11.9. The standard InChI is InChI=1S/C11H13N3O2S/c1-12-17(15,16)11-6-4-3-5-9(11)10-7-8-14(2)13-10/h3-8,12H,1-2H3. The number of hydrogen-bond acceptors (Lipinski definition) is 3. The summed E-state index contributed by atoms with van der Waals surface area (Å²) < 4.78 is 27.7. The van der Waals surface area contributed by atoms with Gasteiger partial charge in [-0.3, -0.25) is 4.68 Å². The number of aromatic nitrogens is 2. The van der Waals surface area contributed by atoms with Crippen molar-refractivity contribution in [3.8, 4) is 11.3 Å². The first-order valence-corrected chi connectivity index (χ1v) is 6.55. The average molecular weight is 251 g/mol. The van der Waals surface area contributed by atoms with Crippen molar-refractivity contribution in [1.29, 1.82) is 0 Å². The van der Waals surface area contributed by atoms with Gasteiger partial charge in [-0.25, -0.2) is 13.1 Å². The summed E-state index contributed by atoms with van der Waals surface area (Å²) >= 11 is 0. The molecular formula is C11H13N3O2S. The number of aryl methyl sites for hydroxylation is 1. The number of sulfonamides is 1. The van der Waals surface area contributed by atoms with Crippen molar-refractivity contribution >= 4 is 10.0 Å². The van der Waals surface area contributed by atoms with E-state index in [1.807, 2.05) is 0 Å². The van der Waals surface area contributed by atoms with Crippen LogP contribution in [-0.2, 0) is 17.1 Å². The quantitative estimate of drug-likeness (QED) is 0.885. The Kier molecular flexibility index (Phi) is 2.99. The fraction of sp³-hybridized carbons (Fsp3) is 0.182. The van der Waals surface area contributed by atoms with Gasteiger partial charge >= 0.3 is 0 Å². The van der Waals surface area contributed by atoms with Gasteiger partial charge in [0.25, 0.3) is 0 Å². The molecule has 2 aromatic rings. The first-order chi connectivity index (χ1) is 8.04. The van der Waals surface area contributed by atoms with Crippen LogP contribution in [0.1, 0.15) is 0 Å². The van der Waals surface area contributed by atoms with E-state index < -0.39 is 10.0 Å². The minimum Gasteiger partial charge on any atom is -0.275 e. The average Bonchev–Trinajstić information content (AvgIpc) is 2.76. The highest BCUT2D eigenvalue weighted by Gasteiger charge is 2.17. The largest absolute Gasteiger partial charge is 0.275 e. The van der Waals surface area contributed by atoms with Crippen LogP contribution in [-0.4, -0.2) is 25.2 Å². The van der Waals surface area contributed by atoms with Crippen LogP contribution < -0.4 is 4.72 Å². The van der Waals surface area contributed by atoms with Crippen molar-refractivity contribution in [2.24, 2.45) is 7.05 Å². The molecule has 90 valence electrons. The predicted molar refractivity (Wildman–Crippen MR) is 64.9 cm³/mol. The number of nitrogens with zero attached hydrogens (tertiary/aromatic N) is 2. The Morgan fingerprint density at radius 2 is 1.94 bits per heavy atom. The third kappa shape index (κ3) is 2.22. The molecule has 1 aromatic carbocycles. The Morgan fingerprint density at radius 3 is 2.53 bits per heavy atom. The van der Waals surface area contributed by atoms with Crippen LogP contribution in [0.2, 0.25) is 0 Å². The van der Waals surface area contributed by atoms with Crippen LogP contribution >= 0.6 is 0 Å². The van der Waals surface area contributed by atoms with E-state index in [1.54, 1.807) is 48.3 Å². The molecule has 0 aliphatic carbocycles. The van der Waals surface area contributed by atoms with E-state index in [9.17, 15) is 8.42 Å². The Labute approximate surface area is 100 Å². The second kappa shape index (κ2) is 4.31. The molecule has 17 heavy (non-hydrogen) atoms. The molecule has 0 aliphatic heterocycles. The van der Waals surface area contributed by atoms with Crippen LogP contribution in [0, 0.1) is 0 Å². The van der Waals surface area contributed by atoms with Gasteiger partial charge in [0.1, 0.15) is 0 Å². The Bertz CT molecular complexity index is 632. The molecule has 1 heterocycles. The van der Waals surface area contributed by atoms with E-state index in [0.717, 1.165) is 0 Å². The van der Waals surface area contributed by atoms with Gasteiger partial charge in [0.15, 0.2) is 0 Å². The molecule has 2 rings (SSSR count). The highest BCUT2D eigenvalue weighted by atomic mass is 32.2. The maximum Gasteiger partial charge on any atom is 0.240 e. The van der Waals surface area contributed by atoms with Gasteiger partial charge < -0.3 is 0 Å². The summed E-state index contributed by atoms with van der Waals surface area (Å²) in [7, 11) is -0.283. The zero-order chi connectivity index (χ0) is 12.5. The first kappa shape index (κ1) is 11.8. The van der Waals surface area contributed by atoms with Gasteiger partial charge in [0.2, 0.25) is 10.0 Å². The van der Waals surface area contributed by atoms with Crippen molar-refractivity contribution in [1.82, 2.24) is 14.5 Å². The zero-order valence-electron chi connectivity index (χ0n) is 9.58. The molecule has 0 radical (unpaired) electrons. The SMILES string of the molecule is CNS(=O)(=O)c1ccccc1-c1ccn(C)n1. The van der Waals surface area contributed by atoms with Crippen molar-refractivity contribution in [3.63, 3.8) is 0 Å². The summed E-state index contributed by atoms with van der Waals surface area (Å²) in [6.45, 7) is 0. The molecule has 6 heteroatoms. The Hall–Kier alpha value is -1.66. The normalized spacial score (nSPS) is 11.6. The van der Waals surface area contributed by atoms with Crippen molar-refractivity contribution in [2.45, 2.75) is 4.90 Å². The first-order valence-electron chi connectivity index (χ1n) is 5.07. The topological polar surface area (TPSA) is 64.0 Å². The number of hydrogen-bond donors (Lipinski definition) is 1. The molecule has 0 amide bonds. The molecule has 0 bridgehead atoms. The van der Waals surface area contributed by atoms with Crippen LogP contribution in [0.4, 0.5) is 0 Å². The molecule has 0 unspecified atom stereocenters. The molecule has 0 fully saturated rings. The van der Waals surface area contributed by atoms with Gasteiger partial charge in [0.05, 0.1) is 10.6 Å². The smallest absolute Gasteiger partial charge is 0.240 e. The van der Waals surface area contributed by atoms with Gasteiger partial charge in [-0.1, -0.05) is 18.2 Å². The van der Waals surface area contributed by atoms with Gasteiger partial charge in [-0.2, -0.15) is 5.10 Å². The molecular weight excluding hydrogens is 238 g/mol. The van der Waals surface area contributed by atoms with Crippen molar-refractivity contribution < 1.29 is 8.42 Å². The van der Waals surface area contributed by atoms with Gasteiger partial charge in [-0.15, -0.1) is 0 Å². The molecule has 1 aromatic heterocycles. The summed E-state index contributed by atoms with van der Waals surface area (Å²) in [6.07, 6.45) is 1.78. The molecule has 0 atom stereocenters. The number of nitrogens with one attached hydrogen (secondary N) is 1. The number of benzene rings is 1. The fourth-order valence-electron chi connectivity index (χ4n) is 1.58. The lowest BCUT2D eigenvalue weighted by atomic mass is 10.1. The minimum atomic E-state index is -3.47. The van der Waals surface area contributed by atoms with E-state index in [0.29, 0.717) is 11.3 Å². The van der Waals surface area contributed by atoms with E-state index in [2.05, 4.69) is 9.82 Å². The summed E-state index contributed by atoms with van der Waals surface area (Å²) in [5.41, 5.74) is 1.24. The number of rotatable bonds is 3. The monoisotopic (exact) mass is 251 g/mol. The zero-order valence-corrected chi connectivity index (χ0v) is 10.4. The van der Waals surface area contributed by atoms with Crippen LogP contribution in [0.15, 0.2) is 41.4 Å². The van der Waals surface area contributed by atoms with Crippen molar-refractivity contribution in [2.75, 3.05) is 7.05 Å². The highest BCUT2D eigenvalue weighted by Crippen LogP contribution is 2.25. The van der Waals surface area contributed by atoms with E-state index in [1.165, 1.54) is 7.05 Å². The molecule has 0 saturated carbocycles. The van der Waals surface area contributed by atoms with E-state index >= 15 is 0 Å². The maximum absolute atomic E-state index is 11.9. The van der Waals surface area contributed by atoms with Crippen LogP contribution in [0.3, 0.4) is 0 Å². The van der Waals surface area contributed by atoms with Crippen LogP contribution in [0.25, 0.3) is 11.3 Å². The summed E-state index contributed by atoms with van der Waals surface area (Å²) in [5.74, 6) is 0. The highest BCUT2D eigenvalue weighted by molar-refractivity contribution is 7.89. The van der Waals surface area contributed by atoms with Gasteiger partial charge in [0, 0.05) is 18.8 Å². The molecule has 5 nitrogen and oxygen atoms in total. The third-order valence-electron chi connectivity index (χ3n) is 2.43. The summed E-state index contributed by atoms with van der Waals surface area (Å²) in [4.78, 5) is 0.237. The summed E-state index contributed by atoms with van der Waals surface area (Å²) in [6, 6.07) is 8.57. The second-order valence-corrected chi connectivity index (χ2v) is 5.43. The lowest BCUT2D eigenvalue weighted by molar-refractivity contribution is 0.588. The molecule has 0 saturated heterocycles. The van der Waals surface area contributed by atoms with E-state index in [4.69, 9.17) is 0 Å². The van der Waals surface area contributed by atoms with Gasteiger partial charge in [-0.05, 0) is 19.2 Å². The van der Waals surface area contributed by atoms with E-state index in [-0.39, 0.29) is 4.90 Å². The molecule has 1 N–H and O–H groups in total. The van der Waals surface area contributed by atoms with Crippen molar-refractivity contribution in [3.05, 3.63) is 36.5 Å². The second-order valence-electron chi connectivity index (χ2n) is 3.58. The molecule has 0 spiro atoms. The predicted octanol–water partition coefficient (Wildman–Crippen LogP) is 0.995. The molecule has 0 aliphatic rings. The Morgan fingerprint density at radius 1 is 1.24 bits per heavy atom. The minimum absolute atomic E-state index is 0.237. The Balaban J connectivity index is 2.64. The summed E-state index contributed by atoms with van der Waals surface area (Å²) in [5, 5.41) is 4.21. The third-order valence-corrected chi connectivity index (χ3v) is 3.91. The van der Waals surface area contributed by atoms with Crippen LogP contribution in [0.5, 0.6) is 0 Å². The fourth-order valence-corrected chi connectivity index (χ4v) is 2.52. The lowest BCUT2D eigenvalue weighted by Crippen LogP contribution is -2.19. The lowest BCUT2D eigenvalue weighted by Gasteiger charge is -2.07.